The number of benzene rings is 2. The highest BCUT2D eigenvalue weighted by molar-refractivity contribution is 7.09. The van der Waals surface area contributed by atoms with E-state index in [4.69, 9.17) is 4.74 Å². The van der Waals surface area contributed by atoms with E-state index in [1.807, 2.05) is 6.07 Å². The number of ketones is 1. The van der Waals surface area contributed by atoms with Crippen molar-refractivity contribution in [2.24, 2.45) is 0 Å². The van der Waals surface area contributed by atoms with Gasteiger partial charge in [-0.3, -0.25) is 14.4 Å². The second kappa shape index (κ2) is 11.8. The van der Waals surface area contributed by atoms with Crippen LogP contribution in [-0.2, 0) is 38.7 Å². The van der Waals surface area contributed by atoms with Gasteiger partial charge in [0.05, 0.1) is 13.2 Å². The van der Waals surface area contributed by atoms with Crippen molar-refractivity contribution in [1.29, 1.82) is 0 Å². The number of Topliss-reactive ketones (excluding diaryl/α,β-unsaturated/α-hetero) is 1. The highest BCUT2D eigenvalue weighted by Crippen LogP contribution is 2.17. The van der Waals surface area contributed by atoms with Crippen LogP contribution in [0.3, 0.4) is 0 Å². The molecular weight excluding hydrogens is 476 g/mol. The third-order valence-corrected chi connectivity index (χ3v) is 5.92. The second-order valence-corrected chi connectivity index (χ2v) is 9.22. The first-order valence-electron chi connectivity index (χ1n) is 10.8. The first-order valence-corrected chi connectivity index (χ1v) is 11.7. The summed E-state index contributed by atoms with van der Waals surface area (Å²) in [5.74, 6) is -4.30. The number of hydrogen-bond acceptors (Lipinski definition) is 6. The van der Waals surface area contributed by atoms with Gasteiger partial charge in [0.25, 0.3) is 11.8 Å². The first kappa shape index (κ1) is 26.1. The molecule has 0 saturated carbocycles. The zero-order chi connectivity index (χ0) is 25.4. The molecule has 0 spiro atoms. The van der Waals surface area contributed by atoms with Crippen molar-refractivity contribution in [2.45, 2.75) is 45.1 Å². The molecule has 10 heteroatoms. The van der Waals surface area contributed by atoms with Crippen LogP contribution in [0.25, 0.3) is 0 Å². The number of nitrogens with zero attached hydrogens (tertiary/aromatic N) is 1. The van der Waals surface area contributed by atoms with Crippen molar-refractivity contribution in [2.75, 3.05) is 0 Å². The summed E-state index contributed by atoms with van der Waals surface area (Å²) in [7, 11) is 0. The average Bonchev–Trinajstić information content (AvgIpc) is 3.37. The molecule has 0 aliphatic heterocycles. The maximum Gasteiger partial charge on any atom is 0.289 e. The van der Waals surface area contributed by atoms with Gasteiger partial charge < -0.3 is 15.4 Å². The molecule has 2 N–H and O–H groups in total. The molecule has 1 aromatic heterocycles. The number of hydrogen-bond donors (Lipinski definition) is 2. The Labute approximate surface area is 205 Å². The number of aromatic nitrogens is 1. The van der Waals surface area contributed by atoms with Gasteiger partial charge in [0.1, 0.15) is 16.7 Å². The number of amides is 2. The third-order valence-electron chi connectivity index (χ3n) is 5.14. The summed E-state index contributed by atoms with van der Waals surface area (Å²) in [5.41, 5.74) is -0.347. The largest absolute Gasteiger partial charge is 0.361 e. The van der Waals surface area contributed by atoms with Crippen molar-refractivity contribution in [3.63, 3.8) is 0 Å². The first-order chi connectivity index (χ1) is 16.7. The zero-order valence-electron chi connectivity index (χ0n) is 19.2. The van der Waals surface area contributed by atoms with Gasteiger partial charge in [-0.1, -0.05) is 36.4 Å². The van der Waals surface area contributed by atoms with E-state index in [0.717, 1.165) is 17.7 Å². The quantitative estimate of drug-likeness (QED) is 0.393. The SMILES string of the molecule is CC(C)(OCc1ccc(F)c(F)c1)C(=O)N[C@H](Cc1ccccc1)C(=O)C(=O)NCc1nccs1. The van der Waals surface area contributed by atoms with Crippen molar-refractivity contribution in [1.82, 2.24) is 15.6 Å². The molecule has 3 rings (SSSR count). The van der Waals surface area contributed by atoms with Gasteiger partial charge in [-0.25, -0.2) is 13.8 Å². The van der Waals surface area contributed by atoms with E-state index in [0.29, 0.717) is 10.6 Å². The maximum absolute atomic E-state index is 13.5. The van der Waals surface area contributed by atoms with Crippen LogP contribution in [0.15, 0.2) is 60.1 Å². The number of halogens is 2. The zero-order valence-corrected chi connectivity index (χ0v) is 20.0. The summed E-state index contributed by atoms with van der Waals surface area (Å²) >= 11 is 1.34. The van der Waals surface area contributed by atoms with Crippen molar-refractivity contribution >= 4 is 28.9 Å². The Morgan fingerprint density at radius 3 is 2.46 bits per heavy atom. The number of thiazole rings is 1. The van der Waals surface area contributed by atoms with E-state index < -0.39 is 40.9 Å². The lowest BCUT2D eigenvalue weighted by Gasteiger charge is -2.27. The van der Waals surface area contributed by atoms with Gasteiger partial charge in [0.15, 0.2) is 11.6 Å². The van der Waals surface area contributed by atoms with Crippen molar-refractivity contribution in [3.8, 4) is 0 Å². The Balaban J connectivity index is 1.68. The summed E-state index contributed by atoms with van der Waals surface area (Å²) < 4.78 is 32.3. The minimum absolute atomic E-state index is 0.0926. The summed E-state index contributed by atoms with van der Waals surface area (Å²) in [6.07, 6.45) is 1.68. The third kappa shape index (κ3) is 7.49. The molecule has 2 aromatic carbocycles. The Kier molecular flexibility index (Phi) is 8.78. The molecule has 0 aliphatic carbocycles. The number of carbonyl (C=O) groups excluding carboxylic acids is 3. The molecule has 0 saturated heterocycles. The number of ether oxygens (including phenoxy) is 1. The average molecular weight is 502 g/mol. The molecule has 0 unspecified atom stereocenters. The van der Waals surface area contributed by atoms with Crippen LogP contribution in [0.4, 0.5) is 8.78 Å². The minimum atomic E-state index is -1.43. The lowest BCUT2D eigenvalue weighted by atomic mass is 10.00. The Morgan fingerprint density at radius 2 is 1.80 bits per heavy atom. The molecule has 0 radical (unpaired) electrons. The van der Waals surface area contributed by atoms with Crippen molar-refractivity contribution in [3.05, 3.63) is 87.9 Å². The van der Waals surface area contributed by atoms with Gasteiger partial charge in [0, 0.05) is 18.0 Å². The molecule has 0 fully saturated rings. The number of rotatable bonds is 11. The fourth-order valence-electron chi connectivity index (χ4n) is 3.09. The monoisotopic (exact) mass is 501 g/mol. The molecule has 3 aromatic rings. The van der Waals surface area contributed by atoms with Crippen LogP contribution < -0.4 is 10.6 Å². The minimum Gasteiger partial charge on any atom is -0.361 e. The van der Waals surface area contributed by atoms with E-state index in [2.05, 4.69) is 15.6 Å². The summed E-state index contributed by atoms with van der Waals surface area (Å²) in [5, 5.41) is 7.54. The van der Waals surface area contributed by atoms with E-state index in [-0.39, 0.29) is 19.6 Å². The topological polar surface area (TPSA) is 97.4 Å². The van der Waals surface area contributed by atoms with Gasteiger partial charge in [-0.05, 0) is 37.1 Å². The molecule has 1 heterocycles. The lowest BCUT2D eigenvalue weighted by molar-refractivity contribution is -0.147. The number of carbonyl (C=O) groups is 3. The van der Waals surface area contributed by atoms with Crippen LogP contribution >= 0.6 is 11.3 Å². The van der Waals surface area contributed by atoms with Crippen molar-refractivity contribution < 1.29 is 27.9 Å². The summed E-state index contributed by atoms with van der Waals surface area (Å²) in [6, 6.07) is 11.1. The van der Waals surface area contributed by atoms with Crippen LogP contribution in [-0.4, -0.2) is 34.2 Å². The number of nitrogens with one attached hydrogen (secondary N) is 2. The highest BCUT2D eigenvalue weighted by atomic mass is 32.1. The predicted molar refractivity (Wildman–Crippen MR) is 126 cm³/mol. The second-order valence-electron chi connectivity index (χ2n) is 8.24. The predicted octanol–water partition coefficient (Wildman–Crippen LogP) is 3.33. The molecule has 0 bridgehead atoms. The Hall–Kier alpha value is -3.50. The molecule has 0 aliphatic rings. The smallest absolute Gasteiger partial charge is 0.289 e. The summed E-state index contributed by atoms with van der Waals surface area (Å²) in [6.45, 7) is 2.89. The standard InChI is InChI=1S/C25H25F2N3O4S/c1-25(2,34-15-17-8-9-18(26)19(27)12-17)24(33)30-20(13-16-6-4-3-5-7-16)22(31)23(32)29-14-21-28-10-11-35-21/h3-12,20H,13-15H2,1-2H3,(H,29,32)(H,30,33)/t20-/m1/s1. The van der Waals surface area contributed by atoms with Crippen LogP contribution in [0.5, 0.6) is 0 Å². The molecular formula is C25H25F2N3O4S. The molecule has 35 heavy (non-hydrogen) atoms. The van der Waals surface area contributed by atoms with Gasteiger partial charge >= 0.3 is 0 Å². The van der Waals surface area contributed by atoms with Crippen LogP contribution in [0.1, 0.15) is 30.0 Å². The lowest BCUT2D eigenvalue weighted by Crippen LogP contribution is -2.54. The van der Waals surface area contributed by atoms with Gasteiger partial charge in [0.2, 0.25) is 5.78 Å². The van der Waals surface area contributed by atoms with E-state index in [1.165, 1.54) is 31.3 Å². The van der Waals surface area contributed by atoms with Gasteiger partial charge in [-0.15, -0.1) is 11.3 Å². The fourth-order valence-corrected chi connectivity index (χ4v) is 3.65. The van der Waals surface area contributed by atoms with Gasteiger partial charge in [-0.2, -0.15) is 0 Å². The molecule has 2 amide bonds. The Bertz CT molecular complexity index is 1170. The highest BCUT2D eigenvalue weighted by Gasteiger charge is 2.34. The van der Waals surface area contributed by atoms with Crippen LogP contribution in [0.2, 0.25) is 0 Å². The maximum atomic E-state index is 13.5. The molecule has 1 atom stereocenters. The van der Waals surface area contributed by atoms with E-state index >= 15 is 0 Å². The van der Waals surface area contributed by atoms with E-state index in [9.17, 15) is 23.2 Å². The normalized spacial score (nSPS) is 12.1. The summed E-state index contributed by atoms with van der Waals surface area (Å²) in [4.78, 5) is 42.6. The fraction of sp³-hybridized carbons (Fsp3) is 0.280. The van der Waals surface area contributed by atoms with Crippen LogP contribution in [0, 0.1) is 11.6 Å². The molecule has 7 nitrogen and oxygen atoms in total. The Morgan fingerprint density at radius 1 is 1.06 bits per heavy atom. The molecule has 184 valence electrons. The van der Waals surface area contributed by atoms with E-state index in [1.54, 1.807) is 35.8 Å².